The highest BCUT2D eigenvalue weighted by Crippen LogP contribution is 2.04. The van der Waals surface area contributed by atoms with Crippen molar-refractivity contribution in [2.45, 2.75) is 40.3 Å². The van der Waals surface area contributed by atoms with Crippen LogP contribution in [-0.2, 0) is 11.3 Å². The molecule has 0 aliphatic heterocycles. The van der Waals surface area contributed by atoms with E-state index >= 15 is 0 Å². The molecule has 3 heteroatoms. The smallest absolute Gasteiger partial charge is 0.234 e. The Hall–Kier alpha value is -1.35. The van der Waals surface area contributed by atoms with Gasteiger partial charge in [-0.3, -0.25) is 9.69 Å². The second kappa shape index (κ2) is 7.95. The number of rotatable bonds is 7. The third-order valence-electron chi connectivity index (χ3n) is 3.01. The van der Waals surface area contributed by atoms with Gasteiger partial charge in [-0.15, -0.1) is 0 Å². The molecule has 106 valence electrons. The Bertz CT molecular complexity index is 374. The second-order valence-corrected chi connectivity index (χ2v) is 5.68. The summed E-state index contributed by atoms with van der Waals surface area (Å²) in [7, 11) is 0. The third kappa shape index (κ3) is 6.39. The molecule has 0 fully saturated rings. The van der Waals surface area contributed by atoms with E-state index < -0.39 is 0 Å². The molecule has 0 aliphatic carbocycles. The summed E-state index contributed by atoms with van der Waals surface area (Å²) in [5, 5.41) is 2.98. The summed E-state index contributed by atoms with van der Waals surface area (Å²) in [5.41, 5.74) is 1.14. The third-order valence-corrected chi connectivity index (χ3v) is 3.01. The van der Waals surface area contributed by atoms with Gasteiger partial charge < -0.3 is 5.32 Å². The topological polar surface area (TPSA) is 32.3 Å². The predicted octanol–water partition coefficient (Wildman–Crippen LogP) is 2.67. The van der Waals surface area contributed by atoms with Crippen molar-refractivity contribution in [2.75, 3.05) is 13.1 Å². The average molecular weight is 262 g/mol. The fraction of sp³-hybridized carbons (Fsp3) is 0.562. The lowest BCUT2D eigenvalue weighted by Crippen LogP contribution is -2.42. The maximum Gasteiger partial charge on any atom is 0.234 e. The Morgan fingerprint density at radius 1 is 1.16 bits per heavy atom. The van der Waals surface area contributed by atoms with Gasteiger partial charge in [0.2, 0.25) is 5.91 Å². The Labute approximate surface area is 117 Å². The summed E-state index contributed by atoms with van der Waals surface area (Å²) in [6.45, 7) is 10.7. The van der Waals surface area contributed by atoms with Gasteiger partial charge in [-0.05, 0) is 25.3 Å². The van der Waals surface area contributed by atoms with Crippen LogP contribution in [0.4, 0.5) is 0 Å². The lowest BCUT2D eigenvalue weighted by Gasteiger charge is -2.27. The minimum Gasteiger partial charge on any atom is -0.351 e. The van der Waals surface area contributed by atoms with E-state index in [-0.39, 0.29) is 5.91 Å². The standard InChI is InChI=1S/C16H26N2O/c1-13(2)11-18(14(3)4)12-16(19)17-10-15-8-6-5-7-9-15/h5-9,13-14H,10-12H2,1-4H3,(H,17,19). The number of carbonyl (C=O) groups is 1. The van der Waals surface area contributed by atoms with Gasteiger partial charge in [0.05, 0.1) is 6.54 Å². The van der Waals surface area contributed by atoms with Crippen molar-refractivity contribution in [3.8, 4) is 0 Å². The first-order chi connectivity index (χ1) is 8.99. The van der Waals surface area contributed by atoms with Crippen molar-refractivity contribution in [1.82, 2.24) is 10.2 Å². The van der Waals surface area contributed by atoms with Crippen LogP contribution < -0.4 is 5.32 Å². The van der Waals surface area contributed by atoms with Crippen molar-refractivity contribution in [3.63, 3.8) is 0 Å². The van der Waals surface area contributed by atoms with Gasteiger partial charge in [-0.25, -0.2) is 0 Å². The van der Waals surface area contributed by atoms with Crippen LogP contribution in [0.5, 0.6) is 0 Å². The summed E-state index contributed by atoms with van der Waals surface area (Å²) < 4.78 is 0. The highest BCUT2D eigenvalue weighted by atomic mass is 16.2. The molecular formula is C16H26N2O. The molecule has 1 aromatic rings. The van der Waals surface area contributed by atoms with E-state index in [9.17, 15) is 4.79 Å². The maximum atomic E-state index is 12.0. The van der Waals surface area contributed by atoms with E-state index in [1.54, 1.807) is 0 Å². The highest BCUT2D eigenvalue weighted by Gasteiger charge is 2.14. The van der Waals surface area contributed by atoms with Gasteiger partial charge in [0.25, 0.3) is 0 Å². The normalized spacial score (nSPS) is 11.3. The van der Waals surface area contributed by atoms with Crippen LogP contribution in [0.2, 0.25) is 0 Å². The molecule has 3 nitrogen and oxygen atoms in total. The summed E-state index contributed by atoms with van der Waals surface area (Å²) in [5.74, 6) is 0.669. The van der Waals surface area contributed by atoms with E-state index in [4.69, 9.17) is 0 Å². The maximum absolute atomic E-state index is 12.0. The van der Waals surface area contributed by atoms with Crippen molar-refractivity contribution in [2.24, 2.45) is 5.92 Å². The summed E-state index contributed by atoms with van der Waals surface area (Å²) in [4.78, 5) is 14.2. The summed E-state index contributed by atoms with van der Waals surface area (Å²) in [6.07, 6.45) is 0. The minimum absolute atomic E-state index is 0.0956. The summed E-state index contributed by atoms with van der Waals surface area (Å²) >= 11 is 0. The molecule has 0 aliphatic rings. The first kappa shape index (κ1) is 15.7. The number of nitrogens with zero attached hydrogens (tertiary/aromatic N) is 1. The van der Waals surface area contributed by atoms with Crippen LogP contribution in [0.15, 0.2) is 30.3 Å². The number of hydrogen-bond acceptors (Lipinski definition) is 2. The van der Waals surface area contributed by atoms with Gasteiger partial charge >= 0.3 is 0 Å². The molecule has 1 aromatic carbocycles. The van der Waals surface area contributed by atoms with Crippen LogP contribution in [0.3, 0.4) is 0 Å². The molecule has 0 saturated carbocycles. The zero-order valence-electron chi connectivity index (χ0n) is 12.5. The zero-order valence-corrected chi connectivity index (χ0v) is 12.5. The molecule has 0 spiro atoms. The van der Waals surface area contributed by atoms with Crippen molar-refractivity contribution in [1.29, 1.82) is 0 Å². The number of carbonyl (C=O) groups excluding carboxylic acids is 1. The van der Waals surface area contributed by atoms with Gasteiger partial charge in [0, 0.05) is 19.1 Å². The molecule has 0 bridgehead atoms. The number of hydrogen-bond donors (Lipinski definition) is 1. The zero-order chi connectivity index (χ0) is 14.3. The molecule has 19 heavy (non-hydrogen) atoms. The van der Waals surface area contributed by atoms with Gasteiger partial charge in [-0.1, -0.05) is 44.2 Å². The van der Waals surface area contributed by atoms with E-state index in [1.165, 1.54) is 0 Å². The molecule has 1 amide bonds. The fourth-order valence-corrected chi connectivity index (χ4v) is 1.96. The van der Waals surface area contributed by atoms with Crippen molar-refractivity contribution >= 4 is 5.91 Å². The van der Waals surface area contributed by atoms with E-state index in [0.29, 0.717) is 25.0 Å². The molecule has 0 saturated heterocycles. The molecule has 1 rings (SSSR count). The first-order valence-electron chi connectivity index (χ1n) is 7.03. The highest BCUT2D eigenvalue weighted by molar-refractivity contribution is 5.78. The minimum atomic E-state index is 0.0956. The molecule has 1 N–H and O–H groups in total. The molecular weight excluding hydrogens is 236 g/mol. The molecule has 0 unspecified atom stereocenters. The average Bonchev–Trinajstić information content (AvgIpc) is 2.36. The van der Waals surface area contributed by atoms with Gasteiger partial charge in [0.15, 0.2) is 0 Å². The molecule has 0 atom stereocenters. The fourth-order valence-electron chi connectivity index (χ4n) is 1.96. The summed E-state index contributed by atoms with van der Waals surface area (Å²) in [6, 6.07) is 10.4. The Morgan fingerprint density at radius 2 is 1.79 bits per heavy atom. The number of amides is 1. The predicted molar refractivity (Wildman–Crippen MR) is 79.8 cm³/mol. The largest absolute Gasteiger partial charge is 0.351 e. The van der Waals surface area contributed by atoms with Crippen LogP contribution in [0, 0.1) is 5.92 Å². The van der Waals surface area contributed by atoms with Crippen molar-refractivity contribution in [3.05, 3.63) is 35.9 Å². The Morgan fingerprint density at radius 3 is 2.32 bits per heavy atom. The van der Waals surface area contributed by atoms with Gasteiger partial charge in [0.1, 0.15) is 0 Å². The Kier molecular flexibility index (Phi) is 6.57. The van der Waals surface area contributed by atoms with E-state index in [2.05, 4.69) is 37.9 Å². The number of nitrogens with one attached hydrogen (secondary N) is 1. The second-order valence-electron chi connectivity index (χ2n) is 5.68. The van der Waals surface area contributed by atoms with Gasteiger partial charge in [-0.2, -0.15) is 0 Å². The van der Waals surface area contributed by atoms with E-state index in [0.717, 1.165) is 12.1 Å². The lowest BCUT2D eigenvalue weighted by molar-refractivity contribution is -0.123. The van der Waals surface area contributed by atoms with Crippen molar-refractivity contribution < 1.29 is 4.79 Å². The first-order valence-corrected chi connectivity index (χ1v) is 7.03. The van der Waals surface area contributed by atoms with Crippen LogP contribution in [0.25, 0.3) is 0 Å². The quantitative estimate of drug-likeness (QED) is 0.819. The number of benzene rings is 1. The van der Waals surface area contributed by atoms with E-state index in [1.807, 2.05) is 30.3 Å². The SMILES string of the molecule is CC(C)CN(CC(=O)NCc1ccccc1)C(C)C. The van der Waals surface area contributed by atoms with Crippen LogP contribution in [-0.4, -0.2) is 29.9 Å². The van der Waals surface area contributed by atoms with Crippen LogP contribution >= 0.6 is 0 Å². The Balaban J connectivity index is 2.40. The van der Waals surface area contributed by atoms with Crippen LogP contribution in [0.1, 0.15) is 33.3 Å². The lowest BCUT2D eigenvalue weighted by atomic mass is 10.2. The molecule has 0 aromatic heterocycles. The molecule has 0 heterocycles. The monoisotopic (exact) mass is 262 g/mol. The molecule has 0 radical (unpaired) electrons.